The van der Waals surface area contributed by atoms with Gasteiger partial charge in [-0.1, -0.05) is 30.3 Å². The van der Waals surface area contributed by atoms with Crippen molar-refractivity contribution in [2.45, 2.75) is 12.5 Å². The van der Waals surface area contributed by atoms with Crippen molar-refractivity contribution in [2.75, 3.05) is 6.54 Å². The molecule has 7 heteroatoms. The molecule has 0 fully saturated rings. The van der Waals surface area contributed by atoms with E-state index in [0.717, 1.165) is 0 Å². The van der Waals surface area contributed by atoms with Gasteiger partial charge in [-0.2, -0.15) is 0 Å². The predicted octanol–water partition coefficient (Wildman–Crippen LogP) is 0.768. The molecule has 0 saturated carbocycles. The highest BCUT2D eigenvalue weighted by Gasteiger charge is 2.19. The van der Waals surface area contributed by atoms with Gasteiger partial charge in [0.1, 0.15) is 11.9 Å². The lowest BCUT2D eigenvalue weighted by Crippen LogP contribution is -2.49. The second kappa shape index (κ2) is 8.58. The van der Waals surface area contributed by atoms with E-state index in [1.807, 2.05) is 0 Å². The number of carbonyl (C=O) groups is 3. The first kappa shape index (κ1) is 18.1. The van der Waals surface area contributed by atoms with Crippen LogP contribution in [0.1, 0.15) is 15.9 Å². The van der Waals surface area contributed by atoms with Crippen LogP contribution < -0.4 is 16.4 Å². The fourth-order valence-corrected chi connectivity index (χ4v) is 2.22. The van der Waals surface area contributed by atoms with Crippen molar-refractivity contribution in [3.05, 3.63) is 71.5 Å². The number of halogens is 1. The molecule has 0 heterocycles. The Hall–Kier alpha value is -3.22. The predicted molar refractivity (Wildman–Crippen MR) is 90.0 cm³/mol. The highest BCUT2D eigenvalue weighted by Crippen LogP contribution is 2.06. The monoisotopic (exact) mass is 343 g/mol. The second-order valence-corrected chi connectivity index (χ2v) is 5.41. The first-order valence-corrected chi connectivity index (χ1v) is 7.62. The third kappa shape index (κ3) is 5.72. The highest BCUT2D eigenvalue weighted by molar-refractivity contribution is 5.97. The Bertz CT molecular complexity index is 765. The lowest BCUT2D eigenvalue weighted by Gasteiger charge is -2.16. The summed E-state index contributed by atoms with van der Waals surface area (Å²) in [5.41, 5.74) is 6.23. The number of rotatable bonds is 7. The minimum Gasteiger partial charge on any atom is -0.368 e. The topological polar surface area (TPSA) is 101 Å². The van der Waals surface area contributed by atoms with Gasteiger partial charge in [-0.3, -0.25) is 14.4 Å². The maximum Gasteiger partial charge on any atom is 0.251 e. The molecule has 0 aromatic heterocycles. The first-order chi connectivity index (χ1) is 12.0. The van der Waals surface area contributed by atoms with Crippen LogP contribution >= 0.6 is 0 Å². The maximum atomic E-state index is 13.2. The number of hydrogen-bond acceptors (Lipinski definition) is 3. The Balaban J connectivity index is 1.89. The quantitative estimate of drug-likeness (QED) is 0.692. The largest absolute Gasteiger partial charge is 0.368 e. The summed E-state index contributed by atoms with van der Waals surface area (Å²) < 4.78 is 13.2. The maximum absolute atomic E-state index is 13.2. The van der Waals surface area contributed by atoms with Crippen LogP contribution in [-0.4, -0.2) is 30.3 Å². The first-order valence-electron chi connectivity index (χ1n) is 7.62. The molecular formula is C18H18FN3O3. The van der Waals surface area contributed by atoms with Crippen LogP contribution in [0.3, 0.4) is 0 Å². The normalized spacial score (nSPS) is 11.4. The molecule has 0 aliphatic carbocycles. The fraction of sp³-hybridized carbons (Fsp3) is 0.167. The summed E-state index contributed by atoms with van der Waals surface area (Å²) in [6.45, 7) is -0.305. The number of carbonyl (C=O) groups excluding carboxylic acids is 3. The van der Waals surface area contributed by atoms with Gasteiger partial charge in [0.05, 0.1) is 6.54 Å². The standard InChI is InChI=1S/C18H18FN3O3/c19-14-8-4-5-12(9-14)10-15(17(20)24)22-16(23)11-21-18(25)13-6-2-1-3-7-13/h1-9,15H,10-11H2,(H2,20,24)(H,21,25)(H,22,23)/t15-/m0/s1. The van der Waals surface area contributed by atoms with Crippen molar-refractivity contribution < 1.29 is 18.8 Å². The molecule has 1 atom stereocenters. The van der Waals surface area contributed by atoms with Crippen molar-refractivity contribution in [3.8, 4) is 0 Å². The summed E-state index contributed by atoms with van der Waals surface area (Å²) in [6.07, 6.45) is 0.0610. The molecule has 2 rings (SSSR count). The van der Waals surface area contributed by atoms with E-state index in [0.29, 0.717) is 11.1 Å². The van der Waals surface area contributed by atoms with E-state index in [2.05, 4.69) is 10.6 Å². The molecule has 6 nitrogen and oxygen atoms in total. The lowest BCUT2D eigenvalue weighted by molar-refractivity contribution is -0.126. The van der Waals surface area contributed by atoms with E-state index < -0.39 is 29.6 Å². The molecule has 0 aliphatic rings. The number of hydrogen-bond donors (Lipinski definition) is 3. The van der Waals surface area contributed by atoms with Crippen LogP contribution in [-0.2, 0) is 16.0 Å². The Morgan fingerprint density at radius 3 is 2.40 bits per heavy atom. The van der Waals surface area contributed by atoms with Gasteiger partial charge in [0.25, 0.3) is 5.91 Å². The zero-order valence-electron chi connectivity index (χ0n) is 13.4. The Morgan fingerprint density at radius 2 is 1.76 bits per heavy atom. The van der Waals surface area contributed by atoms with E-state index >= 15 is 0 Å². The minimum atomic E-state index is -0.997. The third-order valence-corrected chi connectivity index (χ3v) is 3.45. The lowest BCUT2D eigenvalue weighted by atomic mass is 10.1. The van der Waals surface area contributed by atoms with Crippen LogP contribution in [0.15, 0.2) is 54.6 Å². The van der Waals surface area contributed by atoms with E-state index in [4.69, 9.17) is 5.73 Å². The molecule has 2 aromatic carbocycles. The van der Waals surface area contributed by atoms with Crippen molar-refractivity contribution in [1.29, 1.82) is 0 Å². The Kier molecular flexibility index (Phi) is 6.22. The second-order valence-electron chi connectivity index (χ2n) is 5.41. The third-order valence-electron chi connectivity index (χ3n) is 3.45. The molecular weight excluding hydrogens is 325 g/mol. The van der Waals surface area contributed by atoms with Gasteiger partial charge in [-0.15, -0.1) is 0 Å². The van der Waals surface area contributed by atoms with Crippen LogP contribution in [0.2, 0.25) is 0 Å². The van der Waals surface area contributed by atoms with Crippen LogP contribution in [0.25, 0.3) is 0 Å². The van der Waals surface area contributed by atoms with Crippen molar-refractivity contribution in [1.82, 2.24) is 10.6 Å². The summed E-state index contributed by atoms with van der Waals surface area (Å²) in [5.74, 6) is -2.16. The van der Waals surface area contributed by atoms with Crippen LogP contribution in [0.5, 0.6) is 0 Å². The molecule has 4 N–H and O–H groups in total. The highest BCUT2D eigenvalue weighted by atomic mass is 19.1. The summed E-state index contributed by atoms with van der Waals surface area (Å²) in [5, 5.41) is 4.89. The molecule has 0 radical (unpaired) electrons. The average Bonchev–Trinajstić information content (AvgIpc) is 2.60. The van der Waals surface area contributed by atoms with Gasteiger partial charge in [0.2, 0.25) is 11.8 Å². The Labute approximate surface area is 144 Å². The van der Waals surface area contributed by atoms with Gasteiger partial charge in [0.15, 0.2) is 0 Å². The molecule has 130 valence electrons. The summed E-state index contributed by atoms with van der Waals surface area (Å²) in [7, 11) is 0. The zero-order chi connectivity index (χ0) is 18.2. The van der Waals surface area contributed by atoms with Crippen LogP contribution in [0.4, 0.5) is 4.39 Å². The van der Waals surface area contributed by atoms with Gasteiger partial charge in [0, 0.05) is 12.0 Å². The number of benzene rings is 2. The molecule has 2 aromatic rings. The molecule has 0 spiro atoms. The van der Waals surface area contributed by atoms with Gasteiger partial charge in [-0.05, 0) is 29.8 Å². The zero-order valence-corrected chi connectivity index (χ0v) is 13.4. The van der Waals surface area contributed by atoms with Crippen molar-refractivity contribution >= 4 is 17.7 Å². The van der Waals surface area contributed by atoms with Gasteiger partial charge < -0.3 is 16.4 Å². The minimum absolute atomic E-state index is 0.0610. The molecule has 3 amide bonds. The van der Waals surface area contributed by atoms with Crippen LogP contribution in [0, 0.1) is 5.82 Å². The molecule has 25 heavy (non-hydrogen) atoms. The van der Waals surface area contributed by atoms with Crippen molar-refractivity contribution in [3.63, 3.8) is 0 Å². The van der Waals surface area contributed by atoms with Gasteiger partial charge in [-0.25, -0.2) is 4.39 Å². The fourth-order valence-electron chi connectivity index (χ4n) is 2.22. The molecule has 0 aliphatic heterocycles. The van der Waals surface area contributed by atoms with E-state index in [-0.39, 0.29) is 13.0 Å². The van der Waals surface area contributed by atoms with E-state index in [1.54, 1.807) is 36.4 Å². The number of nitrogens with two attached hydrogens (primary N) is 1. The molecule has 0 unspecified atom stereocenters. The number of nitrogens with one attached hydrogen (secondary N) is 2. The number of amides is 3. The Morgan fingerprint density at radius 1 is 1.04 bits per heavy atom. The molecule has 0 bridgehead atoms. The smallest absolute Gasteiger partial charge is 0.251 e. The van der Waals surface area contributed by atoms with E-state index in [1.165, 1.54) is 18.2 Å². The molecule has 0 saturated heterocycles. The van der Waals surface area contributed by atoms with Gasteiger partial charge >= 0.3 is 0 Å². The van der Waals surface area contributed by atoms with Crippen molar-refractivity contribution in [2.24, 2.45) is 5.73 Å². The summed E-state index contributed by atoms with van der Waals surface area (Å²) >= 11 is 0. The van der Waals surface area contributed by atoms with E-state index in [9.17, 15) is 18.8 Å². The summed E-state index contributed by atoms with van der Waals surface area (Å²) in [6, 6.07) is 13.1. The number of primary amides is 1. The SMILES string of the molecule is NC(=O)[C@H](Cc1cccc(F)c1)NC(=O)CNC(=O)c1ccccc1. The average molecular weight is 343 g/mol. The summed E-state index contributed by atoms with van der Waals surface area (Å²) in [4.78, 5) is 35.3.